The molecule has 0 fully saturated rings. The summed E-state index contributed by atoms with van der Waals surface area (Å²) in [5, 5.41) is 4.65. The molecule has 1 aromatic carbocycles. The van der Waals surface area contributed by atoms with Crippen LogP contribution in [0.3, 0.4) is 0 Å². The van der Waals surface area contributed by atoms with Crippen molar-refractivity contribution in [2.75, 3.05) is 13.2 Å². The maximum absolute atomic E-state index is 13.6. The molecule has 2 amide bonds. The first-order valence-electron chi connectivity index (χ1n) is 7.19. The average Bonchev–Trinajstić information content (AvgIpc) is 2.52. The van der Waals surface area contributed by atoms with E-state index in [1.807, 2.05) is 0 Å². The fraction of sp³-hybridized carbons (Fsp3) is 0.333. The van der Waals surface area contributed by atoms with Crippen LogP contribution in [0.15, 0.2) is 17.3 Å². The van der Waals surface area contributed by atoms with E-state index in [1.54, 1.807) is 6.92 Å². The Bertz CT molecular complexity index is 725. The lowest BCUT2D eigenvalue weighted by molar-refractivity contribution is -0.139. The summed E-state index contributed by atoms with van der Waals surface area (Å²) in [7, 11) is 0. The first-order valence-corrected chi connectivity index (χ1v) is 7.19. The van der Waals surface area contributed by atoms with Gasteiger partial charge in [0.15, 0.2) is 17.4 Å². The van der Waals surface area contributed by atoms with E-state index >= 15 is 0 Å². The van der Waals surface area contributed by atoms with Crippen molar-refractivity contribution in [3.05, 3.63) is 40.6 Å². The van der Waals surface area contributed by atoms with Gasteiger partial charge in [0.1, 0.15) is 6.61 Å². The molecule has 2 N–H and O–H groups in total. The molecule has 6 nitrogen and oxygen atoms in total. The highest BCUT2D eigenvalue weighted by Crippen LogP contribution is 2.27. The summed E-state index contributed by atoms with van der Waals surface area (Å²) in [6, 6.07) is -1.43. The maximum atomic E-state index is 13.6. The molecule has 1 heterocycles. The second-order valence-electron chi connectivity index (χ2n) is 5.02. The SMILES string of the molecule is CCOC(=O)C1=C(COc2c(F)c(F)cc(F)c2F)NC(=O)N[C@H]1C. The Balaban J connectivity index is 2.34. The molecule has 1 atom stereocenters. The van der Waals surface area contributed by atoms with Crippen LogP contribution in [-0.4, -0.2) is 31.3 Å². The van der Waals surface area contributed by atoms with Gasteiger partial charge in [-0.3, -0.25) is 0 Å². The minimum atomic E-state index is -1.73. The van der Waals surface area contributed by atoms with Crippen molar-refractivity contribution in [3.8, 4) is 5.75 Å². The number of halogens is 4. The molecule has 2 rings (SSSR count). The molecule has 136 valence electrons. The zero-order valence-corrected chi connectivity index (χ0v) is 13.2. The van der Waals surface area contributed by atoms with Crippen LogP contribution in [0.2, 0.25) is 0 Å². The highest BCUT2D eigenvalue weighted by atomic mass is 19.2. The summed E-state index contributed by atoms with van der Waals surface area (Å²) in [6.45, 7) is 2.38. The number of rotatable bonds is 5. The number of urea groups is 1. The van der Waals surface area contributed by atoms with Gasteiger partial charge in [-0.15, -0.1) is 0 Å². The smallest absolute Gasteiger partial charge is 0.338 e. The molecule has 25 heavy (non-hydrogen) atoms. The monoisotopic (exact) mass is 362 g/mol. The van der Waals surface area contributed by atoms with Crippen molar-refractivity contribution in [2.24, 2.45) is 0 Å². The van der Waals surface area contributed by atoms with Gasteiger partial charge in [0, 0.05) is 6.07 Å². The quantitative estimate of drug-likeness (QED) is 0.478. The highest BCUT2D eigenvalue weighted by molar-refractivity contribution is 5.94. The summed E-state index contributed by atoms with van der Waals surface area (Å²) in [6.07, 6.45) is 0. The van der Waals surface area contributed by atoms with Crippen molar-refractivity contribution in [2.45, 2.75) is 19.9 Å². The van der Waals surface area contributed by atoms with Crippen molar-refractivity contribution < 1.29 is 36.6 Å². The lowest BCUT2D eigenvalue weighted by Gasteiger charge is -2.26. The van der Waals surface area contributed by atoms with E-state index in [2.05, 4.69) is 10.6 Å². The summed E-state index contributed by atoms with van der Waals surface area (Å²) < 4.78 is 63.2. The number of ether oxygens (including phenoxy) is 2. The zero-order chi connectivity index (χ0) is 18.7. The predicted molar refractivity (Wildman–Crippen MR) is 76.6 cm³/mol. The van der Waals surface area contributed by atoms with E-state index in [9.17, 15) is 27.2 Å². The number of benzene rings is 1. The molecule has 1 aliphatic rings. The third-order valence-corrected chi connectivity index (χ3v) is 3.30. The number of esters is 1. The molecular formula is C15H14F4N2O4. The summed E-state index contributed by atoms with van der Waals surface area (Å²) in [4.78, 5) is 23.5. The van der Waals surface area contributed by atoms with Crippen LogP contribution in [0, 0.1) is 23.3 Å². The van der Waals surface area contributed by atoms with E-state index in [0.29, 0.717) is 0 Å². The Labute approximate surface area is 139 Å². The minimum Gasteiger partial charge on any atom is -0.481 e. The van der Waals surface area contributed by atoms with Crippen LogP contribution < -0.4 is 15.4 Å². The van der Waals surface area contributed by atoms with E-state index in [0.717, 1.165) is 0 Å². The van der Waals surface area contributed by atoms with E-state index < -0.39 is 53.7 Å². The van der Waals surface area contributed by atoms with Crippen LogP contribution >= 0.6 is 0 Å². The highest BCUT2D eigenvalue weighted by Gasteiger charge is 2.30. The van der Waals surface area contributed by atoms with E-state index in [-0.39, 0.29) is 23.9 Å². The van der Waals surface area contributed by atoms with Crippen LogP contribution in [0.5, 0.6) is 5.75 Å². The van der Waals surface area contributed by atoms with Gasteiger partial charge >= 0.3 is 12.0 Å². The van der Waals surface area contributed by atoms with Gasteiger partial charge in [0.2, 0.25) is 11.6 Å². The fourth-order valence-electron chi connectivity index (χ4n) is 2.22. The Kier molecular flexibility index (Phi) is 5.50. The van der Waals surface area contributed by atoms with Crippen LogP contribution in [0.1, 0.15) is 13.8 Å². The number of hydrogen-bond donors (Lipinski definition) is 2. The topological polar surface area (TPSA) is 76.7 Å². The first-order chi connectivity index (χ1) is 11.8. The fourth-order valence-corrected chi connectivity index (χ4v) is 2.22. The molecule has 1 aromatic rings. The van der Waals surface area contributed by atoms with Gasteiger partial charge in [-0.05, 0) is 13.8 Å². The maximum Gasteiger partial charge on any atom is 0.338 e. The standard InChI is InChI=1S/C15H14F4N2O4/c1-3-24-14(22)10-6(2)20-15(23)21-9(10)5-25-13-11(18)7(16)4-8(17)12(13)19/h4,6H,3,5H2,1-2H3,(H2,20,21,23)/t6-/m0/s1. The molecule has 0 unspecified atom stereocenters. The lowest BCUT2D eigenvalue weighted by atomic mass is 10.0. The number of nitrogens with one attached hydrogen (secondary N) is 2. The lowest BCUT2D eigenvalue weighted by Crippen LogP contribution is -2.50. The minimum absolute atomic E-state index is 0.0369. The Hall–Kier alpha value is -2.78. The molecule has 10 heteroatoms. The molecular weight excluding hydrogens is 348 g/mol. The third kappa shape index (κ3) is 3.83. The number of carbonyl (C=O) groups excluding carboxylic acids is 2. The summed E-state index contributed by atoms with van der Waals surface area (Å²) >= 11 is 0. The van der Waals surface area contributed by atoms with Gasteiger partial charge in [-0.2, -0.15) is 8.78 Å². The van der Waals surface area contributed by atoms with E-state index in [1.165, 1.54) is 6.92 Å². The van der Waals surface area contributed by atoms with Crippen LogP contribution in [0.4, 0.5) is 22.4 Å². The van der Waals surface area contributed by atoms with Crippen molar-refractivity contribution in [1.82, 2.24) is 10.6 Å². The molecule has 0 spiro atoms. The van der Waals surface area contributed by atoms with Gasteiger partial charge in [0.25, 0.3) is 0 Å². The normalized spacial score (nSPS) is 17.0. The van der Waals surface area contributed by atoms with Gasteiger partial charge in [0.05, 0.1) is 23.9 Å². The van der Waals surface area contributed by atoms with Crippen molar-refractivity contribution in [3.63, 3.8) is 0 Å². The Morgan fingerprint density at radius 2 is 1.80 bits per heavy atom. The van der Waals surface area contributed by atoms with Gasteiger partial charge in [-0.25, -0.2) is 18.4 Å². The molecule has 0 saturated heterocycles. The molecule has 0 radical (unpaired) electrons. The Morgan fingerprint density at radius 3 is 2.36 bits per heavy atom. The molecule has 1 aliphatic heterocycles. The summed E-state index contributed by atoms with van der Waals surface area (Å²) in [5.41, 5.74) is -0.183. The molecule has 0 aromatic heterocycles. The van der Waals surface area contributed by atoms with Crippen LogP contribution in [-0.2, 0) is 9.53 Å². The van der Waals surface area contributed by atoms with Gasteiger partial charge < -0.3 is 20.1 Å². The molecule has 0 bridgehead atoms. The van der Waals surface area contributed by atoms with Crippen molar-refractivity contribution >= 4 is 12.0 Å². The first kappa shape index (κ1) is 18.6. The third-order valence-electron chi connectivity index (χ3n) is 3.30. The second-order valence-corrected chi connectivity index (χ2v) is 5.02. The number of amides is 2. The predicted octanol–water partition coefficient (Wildman–Crippen LogP) is 2.14. The number of hydrogen-bond acceptors (Lipinski definition) is 4. The average molecular weight is 362 g/mol. The second kappa shape index (κ2) is 7.41. The number of carbonyl (C=O) groups is 2. The molecule has 0 aliphatic carbocycles. The summed E-state index contributed by atoms with van der Waals surface area (Å²) in [5.74, 6) is -8.83. The molecule has 0 saturated carbocycles. The zero-order valence-electron chi connectivity index (χ0n) is 13.2. The van der Waals surface area contributed by atoms with Crippen molar-refractivity contribution in [1.29, 1.82) is 0 Å². The van der Waals surface area contributed by atoms with Crippen LogP contribution in [0.25, 0.3) is 0 Å². The van der Waals surface area contributed by atoms with Gasteiger partial charge in [-0.1, -0.05) is 0 Å². The Morgan fingerprint density at radius 1 is 1.20 bits per heavy atom. The van der Waals surface area contributed by atoms with E-state index in [4.69, 9.17) is 9.47 Å². The largest absolute Gasteiger partial charge is 0.481 e.